The molecule has 0 saturated heterocycles. The summed E-state index contributed by atoms with van der Waals surface area (Å²) >= 11 is 0. The Hall–Kier alpha value is -1.64. The lowest BCUT2D eigenvalue weighted by Crippen LogP contribution is -2.31. The largest absolute Gasteiger partial charge is 0.312 e. The number of hydrogen-bond donors (Lipinski definition) is 1. The van der Waals surface area contributed by atoms with Crippen LogP contribution in [0.25, 0.3) is 0 Å². The summed E-state index contributed by atoms with van der Waals surface area (Å²) in [6, 6.07) is 19.6. The van der Waals surface area contributed by atoms with Gasteiger partial charge >= 0.3 is 0 Å². The van der Waals surface area contributed by atoms with Crippen LogP contribution in [0.4, 0.5) is 0 Å². The fourth-order valence-corrected chi connectivity index (χ4v) is 2.59. The summed E-state index contributed by atoms with van der Waals surface area (Å²) in [7, 11) is 4.21. The molecule has 0 aliphatic heterocycles. The van der Waals surface area contributed by atoms with Crippen LogP contribution in [0.2, 0.25) is 0 Å². The summed E-state index contributed by atoms with van der Waals surface area (Å²) < 4.78 is 0. The molecular weight excluding hydrogens is 244 g/mol. The van der Waals surface area contributed by atoms with Gasteiger partial charge in [0.25, 0.3) is 0 Å². The zero-order valence-electron chi connectivity index (χ0n) is 12.6. The molecule has 0 aliphatic rings. The highest BCUT2D eigenvalue weighted by atomic mass is 15.1. The molecule has 0 amide bonds. The molecule has 2 rings (SSSR count). The second-order valence-corrected chi connectivity index (χ2v) is 5.38. The van der Waals surface area contributed by atoms with E-state index in [-0.39, 0.29) is 0 Å². The van der Waals surface area contributed by atoms with E-state index >= 15 is 0 Å². The van der Waals surface area contributed by atoms with Crippen molar-refractivity contribution in [2.24, 2.45) is 0 Å². The van der Waals surface area contributed by atoms with Crippen LogP contribution < -0.4 is 5.32 Å². The van der Waals surface area contributed by atoms with E-state index in [9.17, 15) is 0 Å². The fourth-order valence-electron chi connectivity index (χ4n) is 2.59. The molecule has 2 heteroatoms. The standard InChI is InChI=1S/C18H24N2/c1-15-9-7-8-12-17(15)18(19-2)14-20(3)13-16-10-5-4-6-11-16/h4-12,18-19H,13-14H2,1-3H3. The third-order valence-corrected chi connectivity index (χ3v) is 3.70. The number of aryl methyl sites for hydroxylation is 1. The quantitative estimate of drug-likeness (QED) is 0.864. The maximum absolute atomic E-state index is 3.43. The van der Waals surface area contributed by atoms with Gasteiger partial charge in [0.2, 0.25) is 0 Å². The van der Waals surface area contributed by atoms with Gasteiger partial charge in [-0.3, -0.25) is 0 Å². The van der Waals surface area contributed by atoms with Crippen LogP contribution in [0.3, 0.4) is 0 Å². The SMILES string of the molecule is CNC(CN(C)Cc1ccccc1)c1ccccc1C. The van der Waals surface area contributed by atoms with Crippen molar-refractivity contribution in [3.05, 3.63) is 71.3 Å². The monoisotopic (exact) mass is 268 g/mol. The van der Waals surface area contributed by atoms with Crippen molar-refractivity contribution < 1.29 is 0 Å². The highest BCUT2D eigenvalue weighted by molar-refractivity contribution is 5.29. The number of likely N-dealkylation sites (N-methyl/N-ethyl adjacent to an activating group) is 2. The Morgan fingerprint density at radius 3 is 2.30 bits per heavy atom. The van der Waals surface area contributed by atoms with Crippen molar-refractivity contribution in [1.29, 1.82) is 0 Å². The van der Waals surface area contributed by atoms with E-state index in [0.29, 0.717) is 6.04 Å². The van der Waals surface area contributed by atoms with E-state index in [4.69, 9.17) is 0 Å². The molecule has 2 aromatic rings. The smallest absolute Gasteiger partial charge is 0.0449 e. The molecule has 1 unspecified atom stereocenters. The molecule has 2 aromatic carbocycles. The first kappa shape index (κ1) is 14.8. The van der Waals surface area contributed by atoms with E-state index in [0.717, 1.165) is 13.1 Å². The van der Waals surface area contributed by atoms with Gasteiger partial charge in [0.1, 0.15) is 0 Å². The lowest BCUT2D eigenvalue weighted by molar-refractivity contribution is 0.289. The highest BCUT2D eigenvalue weighted by Gasteiger charge is 2.13. The first-order valence-electron chi connectivity index (χ1n) is 7.16. The summed E-state index contributed by atoms with van der Waals surface area (Å²) in [6.07, 6.45) is 0. The fraction of sp³-hybridized carbons (Fsp3) is 0.333. The van der Waals surface area contributed by atoms with Crippen LogP contribution in [0.5, 0.6) is 0 Å². The minimum absolute atomic E-state index is 0.366. The summed E-state index contributed by atoms with van der Waals surface area (Å²) in [5.41, 5.74) is 4.09. The van der Waals surface area contributed by atoms with Gasteiger partial charge in [-0.2, -0.15) is 0 Å². The number of rotatable bonds is 6. The molecule has 106 valence electrons. The van der Waals surface area contributed by atoms with Gasteiger partial charge in [-0.1, -0.05) is 54.6 Å². The molecule has 0 radical (unpaired) electrons. The van der Waals surface area contributed by atoms with Crippen LogP contribution in [0, 0.1) is 6.92 Å². The molecule has 0 fully saturated rings. The van der Waals surface area contributed by atoms with Gasteiger partial charge in [0.15, 0.2) is 0 Å². The maximum Gasteiger partial charge on any atom is 0.0449 e. The third-order valence-electron chi connectivity index (χ3n) is 3.70. The Morgan fingerprint density at radius 2 is 1.65 bits per heavy atom. The number of hydrogen-bond acceptors (Lipinski definition) is 2. The molecule has 0 saturated carbocycles. The van der Waals surface area contributed by atoms with Crippen LogP contribution in [-0.4, -0.2) is 25.5 Å². The zero-order valence-corrected chi connectivity index (χ0v) is 12.6. The van der Waals surface area contributed by atoms with E-state index in [1.54, 1.807) is 0 Å². The molecule has 20 heavy (non-hydrogen) atoms. The average Bonchev–Trinajstić information content (AvgIpc) is 2.46. The molecule has 0 spiro atoms. The second-order valence-electron chi connectivity index (χ2n) is 5.38. The van der Waals surface area contributed by atoms with Gasteiger partial charge in [-0.05, 0) is 37.7 Å². The molecule has 0 heterocycles. The molecule has 1 atom stereocenters. The van der Waals surface area contributed by atoms with Crippen LogP contribution >= 0.6 is 0 Å². The highest BCUT2D eigenvalue weighted by Crippen LogP contribution is 2.18. The predicted molar refractivity (Wildman–Crippen MR) is 85.8 cm³/mol. The molecular formula is C18H24N2. The van der Waals surface area contributed by atoms with Gasteiger partial charge in [-0.25, -0.2) is 0 Å². The summed E-state index contributed by atoms with van der Waals surface area (Å²) in [4.78, 5) is 2.36. The Balaban J connectivity index is 2.01. The summed E-state index contributed by atoms with van der Waals surface area (Å²) in [5.74, 6) is 0. The third kappa shape index (κ3) is 3.92. The van der Waals surface area contributed by atoms with Gasteiger partial charge in [0.05, 0.1) is 0 Å². The predicted octanol–water partition coefficient (Wildman–Crippen LogP) is 3.39. The summed E-state index contributed by atoms with van der Waals surface area (Å²) in [5, 5.41) is 3.43. The van der Waals surface area contributed by atoms with Crippen LogP contribution in [-0.2, 0) is 6.54 Å². The van der Waals surface area contributed by atoms with E-state index < -0.39 is 0 Å². The van der Waals surface area contributed by atoms with Gasteiger partial charge < -0.3 is 10.2 Å². The van der Waals surface area contributed by atoms with Crippen molar-refractivity contribution in [2.45, 2.75) is 19.5 Å². The van der Waals surface area contributed by atoms with Gasteiger partial charge in [-0.15, -0.1) is 0 Å². The van der Waals surface area contributed by atoms with Crippen LogP contribution in [0.15, 0.2) is 54.6 Å². The average molecular weight is 268 g/mol. The minimum atomic E-state index is 0.366. The maximum atomic E-state index is 3.43. The Labute approximate surface area is 122 Å². The van der Waals surface area contributed by atoms with Crippen molar-refractivity contribution in [1.82, 2.24) is 10.2 Å². The molecule has 0 bridgehead atoms. The topological polar surface area (TPSA) is 15.3 Å². The van der Waals surface area contributed by atoms with Crippen LogP contribution in [0.1, 0.15) is 22.7 Å². The normalized spacial score (nSPS) is 12.6. The van der Waals surface area contributed by atoms with E-state index in [2.05, 4.69) is 78.8 Å². The Kier molecular flexibility index (Phi) is 5.33. The first-order chi connectivity index (χ1) is 9.70. The van der Waals surface area contributed by atoms with Crippen molar-refractivity contribution in [2.75, 3.05) is 20.6 Å². The number of benzene rings is 2. The lowest BCUT2D eigenvalue weighted by Gasteiger charge is -2.25. The molecule has 0 aliphatic carbocycles. The van der Waals surface area contributed by atoms with Gasteiger partial charge in [0, 0.05) is 19.1 Å². The van der Waals surface area contributed by atoms with Crippen molar-refractivity contribution in [3.8, 4) is 0 Å². The van der Waals surface area contributed by atoms with Crippen molar-refractivity contribution in [3.63, 3.8) is 0 Å². The molecule has 0 aromatic heterocycles. The number of nitrogens with zero attached hydrogens (tertiary/aromatic N) is 1. The molecule has 1 N–H and O–H groups in total. The van der Waals surface area contributed by atoms with E-state index in [1.807, 2.05) is 7.05 Å². The van der Waals surface area contributed by atoms with E-state index in [1.165, 1.54) is 16.7 Å². The Morgan fingerprint density at radius 1 is 1.00 bits per heavy atom. The lowest BCUT2D eigenvalue weighted by atomic mass is 10.0. The Bertz CT molecular complexity index is 522. The second kappa shape index (κ2) is 7.22. The summed E-state index contributed by atoms with van der Waals surface area (Å²) in [6.45, 7) is 4.15. The first-order valence-corrected chi connectivity index (χ1v) is 7.16. The van der Waals surface area contributed by atoms with Crippen molar-refractivity contribution >= 4 is 0 Å². The number of nitrogens with one attached hydrogen (secondary N) is 1. The zero-order chi connectivity index (χ0) is 14.4. The molecule has 2 nitrogen and oxygen atoms in total. The minimum Gasteiger partial charge on any atom is -0.312 e.